The zero-order valence-corrected chi connectivity index (χ0v) is 15.5. The molecular formula is C19H28O5. The maximum atomic E-state index is 12.3. The van der Waals surface area contributed by atoms with Gasteiger partial charge in [-0.15, -0.1) is 0 Å². The highest BCUT2D eigenvalue weighted by Crippen LogP contribution is 2.34. The van der Waals surface area contributed by atoms with Crippen molar-refractivity contribution in [2.45, 2.75) is 52.7 Å². The lowest BCUT2D eigenvalue weighted by molar-refractivity contribution is -0.158. The first kappa shape index (κ1) is 20.2. The second kappa shape index (κ2) is 7.34. The molecule has 0 aliphatic carbocycles. The molecule has 24 heavy (non-hydrogen) atoms. The summed E-state index contributed by atoms with van der Waals surface area (Å²) in [4.78, 5) is 24.2. The number of hydrogen-bond acceptors (Lipinski definition) is 5. The summed E-state index contributed by atoms with van der Waals surface area (Å²) in [6.07, 6.45) is 1.34. The Morgan fingerprint density at radius 2 is 1.92 bits per heavy atom. The topological polar surface area (TPSA) is 61.8 Å². The van der Waals surface area contributed by atoms with Crippen molar-refractivity contribution in [1.82, 2.24) is 0 Å². The van der Waals surface area contributed by atoms with Crippen LogP contribution >= 0.6 is 0 Å². The van der Waals surface area contributed by atoms with Crippen molar-refractivity contribution in [3.63, 3.8) is 0 Å². The summed E-state index contributed by atoms with van der Waals surface area (Å²) >= 11 is 0. The van der Waals surface area contributed by atoms with Crippen LogP contribution in [0.5, 0.6) is 0 Å². The van der Waals surface area contributed by atoms with Gasteiger partial charge in [0.05, 0.1) is 30.3 Å². The van der Waals surface area contributed by atoms with E-state index in [4.69, 9.17) is 14.2 Å². The predicted molar refractivity (Wildman–Crippen MR) is 92.4 cm³/mol. The van der Waals surface area contributed by atoms with E-state index in [1.54, 1.807) is 26.8 Å². The van der Waals surface area contributed by atoms with E-state index in [0.29, 0.717) is 17.6 Å². The zero-order valence-electron chi connectivity index (χ0n) is 15.5. The fourth-order valence-corrected chi connectivity index (χ4v) is 2.32. The number of carbonyl (C=O) groups is 2. The molecule has 134 valence electrons. The molecule has 0 saturated carbocycles. The number of hydrogen-bond donors (Lipinski definition) is 0. The molecule has 0 aromatic rings. The second-order valence-electron chi connectivity index (χ2n) is 7.36. The smallest absolute Gasteiger partial charge is 0.335 e. The molecule has 0 radical (unpaired) electrons. The van der Waals surface area contributed by atoms with Crippen molar-refractivity contribution in [2.24, 2.45) is 5.41 Å². The number of esters is 2. The highest BCUT2D eigenvalue weighted by Gasteiger charge is 2.38. The Morgan fingerprint density at radius 1 is 1.33 bits per heavy atom. The molecule has 0 aromatic carbocycles. The third kappa shape index (κ3) is 4.81. The van der Waals surface area contributed by atoms with Crippen LogP contribution in [0.1, 0.15) is 41.0 Å². The Kier molecular flexibility index (Phi) is 6.17. The molecule has 0 aromatic heterocycles. The van der Waals surface area contributed by atoms with Crippen molar-refractivity contribution in [3.05, 3.63) is 36.0 Å². The average Bonchev–Trinajstić information content (AvgIpc) is 2.64. The third-order valence-electron chi connectivity index (χ3n) is 4.00. The van der Waals surface area contributed by atoms with Crippen LogP contribution in [0.2, 0.25) is 0 Å². The van der Waals surface area contributed by atoms with Gasteiger partial charge in [-0.2, -0.15) is 0 Å². The molecule has 2 atom stereocenters. The Bertz CT molecular complexity index is 579. The van der Waals surface area contributed by atoms with Gasteiger partial charge in [-0.1, -0.05) is 18.7 Å². The van der Waals surface area contributed by atoms with E-state index in [-0.39, 0.29) is 12.6 Å². The summed E-state index contributed by atoms with van der Waals surface area (Å²) in [5, 5.41) is 0. The maximum absolute atomic E-state index is 12.3. The minimum atomic E-state index is -0.791. The molecule has 0 amide bonds. The van der Waals surface area contributed by atoms with Gasteiger partial charge >= 0.3 is 11.9 Å². The standard InChI is InChI=1S/C19H28O5/c1-12(2)13(3)19(7)10-15(24-17(21)18(4,5)6)9-14(11-23-19)16(20)22-8/h9,15H,1,3,10-11H2,2,4-8H3. The summed E-state index contributed by atoms with van der Waals surface area (Å²) in [6.45, 7) is 17.0. The number of methoxy groups -OCH3 is 1. The van der Waals surface area contributed by atoms with Gasteiger partial charge in [-0.05, 0) is 46.3 Å². The van der Waals surface area contributed by atoms with Gasteiger partial charge in [0.2, 0.25) is 0 Å². The van der Waals surface area contributed by atoms with Crippen LogP contribution in [0.25, 0.3) is 0 Å². The molecule has 5 nitrogen and oxygen atoms in total. The quantitative estimate of drug-likeness (QED) is 0.582. The van der Waals surface area contributed by atoms with Gasteiger partial charge < -0.3 is 14.2 Å². The number of carbonyl (C=O) groups excluding carboxylic acids is 2. The van der Waals surface area contributed by atoms with E-state index in [1.807, 2.05) is 13.8 Å². The highest BCUT2D eigenvalue weighted by molar-refractivity contribution is 5.89. The molecule has 0 bridgehead atoms. The Balaban J connectivity index is 3.16. The summed E-state index contributed by atoms with van der Waals surface area (Å²) in [6, 6.07) is 0. The first-order valence-electron chi connectivity index (χ1n) is 7.90. The molecule has 2 unspecified atom stereocenters. The van der Waals surface area contributed by atoms with Crippen molar-refractivity contribution >= 4 is 11.9 Å². The van der Waals surface area contributed by atoms with Crippen LogP contribution in [-0.4, -0.2) is 37.4 Å². The fourth-order valence-electron chi connectivity index (χ4n) is 2.32. The summed E-state index contributed by atoms with van der Waals surface area (Å²) in [5.41, 5.74) is 0.371. The molecule has 0 spiro atoms. The van der Waals surface area contributed by atoms with E-state index in [9.17, 15) is 9.59 Å². The lowest BCUT2D eigenvalue weighted by atomic mass is 9.87. The largest absolute Gasteiger partial charge is 0.466 e. The highest BCUT2D eigenvalue weighted by atomic mass is 16.6. The van der Waals surface area contributed by atoms with Gasteiger partial charge in [0.1, 0.15) is 6.10 Å². The van der Waals surface area contributed by atoms with Gasteiger partial charge in [-0.3, -0.25) is 4.79 Å². The van der Waals surface area contributed by atoms with Crippen LogP contribution in [-0.2, 0) is 23.8 Å². The molecule has 0 N–H and O–H groups in total. The lowest BCUT2D eigenvalue weighted by Crippen LogP contribution is -2.37. The van der Waals surface area contributed by atoms with Gasteiger partial charge in [-0.25, -0.2) is 4.79 Å². The molecule has 1 aliphatic rings. The minimum Gasteiger partial charge on any atom is -0.466 e. The molecule has 1 aliphatic heterocycles. The van der Waals surface area contributed by atoms with Crippen molar-refractivity contribution in [3.8, 4) is 0 Å². The molecule has 5 heteroatoms. The minimum absolute atomic E-state index is 0.0546. The number of rotatable bonds is 4. The average molecular weight is 336 g/mol. The van der Waals surface area contributed by atoms with Crippen molar-refractivity contribution in [1.29, 1.82) is 0 Å². The van der Waals surface area contributed by atoms with E-state index in [0.717, 1.165) is 5.57 Å². The molecule has 0 saturated heterocycles. The second-order valence-corrected chi connectivity index (χ2v) is 7.36. The Morgan fingerprint density at radius 3 is 2.38 bits per heavy atom. The van der Waals surface area contributed by atoms with Crippen LogP contribution in [0.3, 0.4) is 0 Å². The van der Waals surface area contributed by atoms with Gasteiger partial charge in [0.15, 0.2) is 0 Å². The first-order chi connectivity index (χ1) is 10.9. The molecule has 1 rings (SSSR count). The SMILES string of the molecule is C=C(C)C(=C)C1(C)CC(OC(=O)C(C)(C)C)C=C(C(=O)OC)CO1. The third-order valence-corrected chi connectivity index (χ3v) is 4.00. The Hall–Kier alpha value is -1.88. The van der Waals surface area contributed by atoms with E-state index in [1.165, 1.54) is 7.11 Å². The van der Waals surface area contributed by atoms with Crippen LogP contribution in [0.15, 0.2) is 36.0 Å². The maximum Gasteiger partial charge on any atom is 0.335 e. The van der Waals surface area contributed by atoms with E-state index < -0.39 is 23.1 Å². The van der Waals surface area contributed by atoms with Crippen LogP contribution in [0, 0.1) is 5.41 Å². The summed E-state index contributed by atoms with van der Waals surface area (Å²) in [7, 11) is 1.30. The monoisotopic (exact) mass is 336 g/mol. The number of ether oxygens (including phenoxy) is 3. The van der Waals surface area contributed by atoms with Crippen molar-refractivity contribution < 1.29 is 23.8 Å². The Labute approximate surface area is 144 Å². The molecule has 0 fully saturated rings. The van der Waals surface area contributed by atoms with Crippen molar-refractivity contribution in [2.75, 3.05) is 13.7 Å². The van der Waals surface area contributed by atoms with Gasteiger partial charge in [0.25, 0.3) is 0 Å². The predicted octanol–water partition coefficient (Wildman–Crippen LogP) is 3.36. The molecular weight excluding hydrogens is 308 g/mol. The zero-order chi connectivity index (χ0) is 18.7. The first-order valence-corrected chi connectivity index (χ1v) is 7.90. The lowest BCUT2D eigenvalue weighted by Gasteiger charge is -2.33. The van der Waals surface area contributed by atoms with Gasteiger partial charge in [0, 0.05) is 6.42 Å². The van der Waals surface area contributed by atoms with E-state index in [2.05, 4.69) is 13.2 Å². The fraction of sp³-hybridized carbons (Fsp3) is 0.579. The van der Waals surface area contributed by atoms with Crippen LogP contribution in [0.4, 0.5) is 0 Å². The van der Waals surface area contributed by atoms with Crippen LogP contribution < -0.4 is 0 Å². The molecule has 1 heterocycles. The normalized spacial score (nSPS) is 24.4. The summed E-state index contributed by atoms with van der Waals surface area (Å²) < 4.78 is 16.3. The summed E-state index contributed by atoms with van der Waals surface area (Å²) in [5.74, 6) is -0.852. The van der Waals surface area contributed by atoms with E-state index >= 15 is 0 Å².